The molecule has 88 valence electrons. The van der Waals surface area contributed by atoms with Crippen LogP contribution in [-0.4, -0.2) is 9.98 Å². The molecule has 0 bridgehead atoms. The Labute approximate surface area is 105 Å². The molecule has 1 aromatic heterocycles. The zero-order valence-electron chi connectivity index (χ0n) is 9.73. The summed E-state index contributed by atoms with van der Waals surface area (Å²) in [6.07, 6.45) is 3.89. The summed E-state index contributed by atoms with van der Waals surface area (Å²) in [7, 11) is 0. The summed E-state index contributed by atoms with van der Waals surface area (Å²) in [5, 5.41) is 4.57. The summed E-state index contributed by atoms with van der Waals surface area (Å²) in [5.74, 6) is 0. The van der Waals surface area contributed by atoms with Gasteiger partial charge in [0.1, 0.15) is 4.99 Å². The van der Waals surface area contributed by atoms with Crippen molar-refractivity contribution in [3.8, 4) is 0 Å². The number of nitrogens with zero attached hydrogens (tertiary/aromatic N) is 1. The van der Waals surface area contributed by atoms with Gasteiger partial charge in [-0.05, 0) is 12.5 Å². The number of anilines is 1. The van der Waals surface area contributed by atoms with Gasteiger partial charge in [-0.15, -0.1) is 0 Å². The quantitative estimate of drug-likeness (QED) is 0.853. The Bertz CT molecular complexity index is 570. The van der Waals surface area contributed by atoms with Gasteiger partial charge in [0.15, 0.2) is 0 Å². The average Bonchev–Trinajstić information content (AvgIpc) is 2.66. The molecule has 3 rings (SSSR count). The summed E-state index contributed by atoms with van der Waals surface area (Å²) in [6.45, 7) is 2.15. The van der Waals surface area contributed by atoms with E-state index in [9.17, 15) is 0 Å². The first-order valence-electron chi connectivity index (χ1n) is 5.86. The van der Waals surface area contributed by atoms with Gasteiger partial charge >= 0.3 is 0 Å². The molecule has 1 aliphatic heterocycles. The fourth-order valence-corrected chi connectivity index (χ4v) is 3.56. The fourth-order valence-electron chi connectivity index (χ4n) is 2.24. The minimum atomic E-state index is -0.372. The highest BCUT2D eigenvalue weighted by Gasteiger charge is 2.34. The van der Waals surface area contributed by atoms with Gasteiger partial charge in [0, 0.05) is 10.3 Å². The maximum Gasteiger partial charge on any atom is 0.139 e. The van der Waals surface area contributed by atoms with Crippen LogP contribution in [0.3, 0.4) is 0 Å². The van der Waals surface area contributed by atoms with E-state index in [4.69, 9.17) is 5.73 Å². The number of thioether (sulfide) groups is 1. The molecule has 1 aromatic carbocycles. The van der Waals surface area contributed by atoms with Crippen molar-refractivity contribution in [2.45, 2.75) is 29.7 Å². The molecule has 0 fully saturated rings. The molecule has 1 unspecified atom stereocenters. The standard InChI is InChI=1S/C13H15N3S/c1-2-7-13(14)16-11-8-15-10-6-4-3-5-9(10)12(11)17-13/h3-6,8,16H,2,7,14H2,1H3. The van der Waals surface area contributed by atoms with Gasteiger partial charge in [0.25, 0.3) is 0 Å². The number of para-hydroxylation sites is 1. The third kappa shape index (κ3) is 1.77. The largest absolute Gasteiger partial charge is 0.356 e. The molecule has 2 heterocycles. The lowest BCUT2D eigenvalue weighted by Gasteiger charge is -2.22. The van der Waals surface area contributed by atoms with E-state index in [1.54, 1.807) is 11.8 Å². The number of benzene rings is 1. The van der Waals surface area contributed by atoms with Crippen molar-refractivity contribution in [3.63, 3.8) is 0 Å². The third-order valence-corrected chi connectivity index (χ3v) is 4.29. The molecular weight excluding hydrogens is 230 g/mol. The summed E-state index contributed by atoms with van der Waals surface area (Å²) in [6, 6.07) is 8.19. The second-order valence-corrected chi connectivity index (χ2v) is 5.73. The molecular formula is C13H15N3S. The van der Waals surface area contributed by atoms with Crippen LogP contribution < -0.4 is 11.1 Å². The Morgan fingerprint density at radius 1 is 1.41 bits per heavy atom. The number of nitrogens with two attached hydrogens (primary N) is 1. The number of hydrogen-bond acceptors (Lipinski definition) is 4. The second kappa shape index (κ2) is 3.89. The highest BCUT2D eigenvalue weighted by molar-refractivity contribution is 8.01. The molecule has 0 saturated carbocycles. The van der Waals surface area contributed by atoms with Gasteiger partial charge < -0.3 is 5.32 Å². The molecule has 1 aliphatic rings. The van der Waals surface area contributed by atoms with Crippen molar-refractivity contribution in [2.75, 3.05) is 5.32 Å². The van der Waals surface area contributed by atoms with Crippen molar-refractivity contribution in [3.05, 3.63) is 30.5 Å². The zero-order chi connectivity index (χ0) is 11.9. The van der Waals surface area contributed by atoms with Gasteiger partial charge in [-0.3, -0.25) is 10.7 Å². The van der Waals surface area contributed by atoms with Gasteiger partial charge in [0.2, 0.25) is 0 Å². The molecule has 0 spiro atoms. The molecule has 1 atom stereocenters. The minimum absolute atomic E-state index is 0.372. The van der Waals surface area contributed by atoms with Crippen molar-refractivity contribution < 1.29 is 0 Å². The van der Waals surface area contributed by atoms with Gasteiger partial charge in [-0.25, -0.2) is 0 Å². The van der Waals surface area contributed by atoms with E-state index in [-0.39, 0.29) is 4.99 Å². The number of pyridine rings is 1. The maximum atomic E-state index is 6.33. The third-order valence-electron chi connectivity index (χ3n) is 2.98. The Hall–Kier alpha value is -1.26. The van der Waals surface area contributed by atoms with Crippen LogP contribution in [0.2, 0.25) is 0 Å². The Morgan fingerprint density at radius 3 is 3.06 bits per heavy atom. The lowest BCUT2D eigenvalue weighted by molar-refractivity contribution is 0.621. The van der Waals surface area contributed by atoms with Crippen molar-refractivity contribution in [1.29, 1.82) is 0 Å². The van der Waals surface area contributed by atoms with E-state index in [1.807, 2.05) is 24.4 Å². The number of fused-ring (bicyclic) bond motifs is 3. The molecule has 4 heteroatoms. The van der Waals surface area contributed by atoms with E-state index in [1.165, 1.54) is 10.3 Å². The van der Waals surface area contributed by atoms with Crippen LogP contribution >= 0.6 is 11.8 Å². The Morgan fingerprint density at radius 2 is 2.24 bits per heavy atom. The molecule has 0 amide bonds. The van der Waals surface area contributed by atoms with Crippen LogP contribution in [0.4, 0.5) is 5.69 Å². The highest BCUT2D eigenvalue weighted by Crippen LogP contribution is 2.47. The van der Waals surface area contributed by atoms with Gasteiger partial charge in [-0.2, -0.15) is 0 Å². The van der Waals surface area contributed by atoms with Crippen LogP contribution in [-0.2, 0) is 0 Å². The van der Waals surface area contributed by atoms with E-state index >= 15 is 0 Å². The molecule has 3 nitrogen and oxygen atoms in total. The Balaban J connectivity index is 2.11. The van der Waals surface area contributed by atoms with Crippen LogP contribution in [0.15, 0.2) is 35.4 Å². The number of rotatable bonds is 2. The van der Waals surface area contributed by atoms with Crippen molar-refractivity contribution >= 4 is 28.4 Å². The SMILES string of the molecule is CCCC1(N)Nc2cnc3ccccc3c2S1. The molecule has 2 aromatic rings. The predicted molar refractivity (Wildman–Crippen MR) is 73.0 cm³/mol. The zero-order valence-corrected chi connectivity index (χ0v) is 10.6. The molecule has 0 saturated heterocycles. The van der Waals surface area contributed by atoms with E-state index < -0.39 is 0 Å². The topological polar surface area (TPSA) is 50.9 Å². The molecule has 17 heavy (non-hydrogen) atoms. The van der Waals surface area contributed by atoms with Gasteiger partial charge in [-0.1, -0.05) is 43.3 Å². The second-order valence-electron chi connectivity index (χ2n) is 4.38. The van der Waals surface area contributed by atoms with Crippen molar-refractivity contribution in [1.82, 2.24) is 4.98 Å². The number of aromatic nitrogens is 1. The first kappa shape index (κ1) is 10.9. The molecule has 3 N–H and O–H groups in total. The first-order valence-corrected chi connectivity index (χ1v) is 6.67. The normalized spacial score (nSPS) is 22.5. The summed E-state index contributed by atoms with van der Waals surface area (Å²) in [4.78, 5) is 5.30. The van der Waals surface area contributed by atoms with Crippen LogP contribution in [0, 0.1) is 0 Å². The molecule has 0 radical (unpaired) electrons. The molecule has 0 aliphatic carbocycles. The van der Waals surface area contributed by atoms with E-state index in [0.717, 1.165) is 24.0 Å². The Kier molecular flexibility index (Phi) is 2.49. The summed E-state index contributed by atoms with van der Waals surface area (Å²) in [5.41, 5.74) is 8.42. The lowest BCUT2D eigenvalue weighted by atomic mass is 10.2. The van der Waals surface area contributed by atoms with Crippen LogP contribution in [0.25, 0.3) is 10.9 Å². The summed E-state index contributed by atoms with van der Waals surface area (Å²) >= 11 is 1.72. The highest BCUT2D eigenvalue weighted by atomic mass is 32.2. The average molecular weight is 245 g/mol. The maximum absolute atomic E-state index is 6.33. The minimum Gasteiger partial charge on any atom is -0.356 e. The van der Waals surface area contributed by atoms with Gasteiger partial charge in [0.05, 0.1) is 17.4 Å². The number of hydrogen-bond donors (Lipinski definition) is 2. The smallest absolute Gasteiger partial charge is 0.139 e. The number of nitrogens with one attached hydrogen (secondary N) is 1. The first-order chi connectivity index (χ1) is 8.22. The van der Waals surface area contributed by atoms with Crippen LogP contribution in [0.1, 0.15) is 19.8 Å². The lowest BCUT2D eigenvalue weighted by Crippen LogP contribution is -2.41. The monoisotopic (exact) mass is 245 g/mol. The summed E-state index contributed by atoms with van der Waals surface area (Å²) < 4.78 is 0. The predicted octanol–water partition coefficient (Wildman–Crippen LogP) is 3.17. The van der Waals surface area contributed by atoms with Crippen molar-refractivity contribution in [2.24, 2.45) is 5.73 Å². The van der Waals surface area contributed by atoms with Crippen LogP contribution in [0.5, 0.6) is 0 Å². The van der Waals surface area contributed by atoms with E-state index in [2.05, 4.69) is 23.3 Å². The van der Waals surface area contributed by atoms with E-state index in [0.29, 0.717) is 0 Å². The fraction of sp³-hybridized carbons (Fsp3) is 0.308.